The molecule has 0 bridgehead atoms. The van der Waals surface area contributed by atoms with Crippen molar-refractivity contribution in [3.8, 4) is 0 Å². The van der Waals surface area contributed by atoms with E-state index in [9.17, 15) is 10.1 Å². The second kappa shape index (κ2) is 4.40. The van der Waals surface area contributed by atoms with E-state index in [0.29, 0.717) is 23.8 Å². The van der Waals surface area contributed by atoms with Crippen LogP contribution < -0.4 is 10.6 Å². The fourth-order valence-corrected chi connectivity index (χ4v) is 1.90. The molecule has 1 saturated carbocycles. The molecule has 2 rings (SSSR count). The molecular formula is C11H17N5O2. The summed E-state index contributed by atoms with van der Waals surface area (Å²) in [6, 6.07) is 0. The summed E-state index contributed by atoms with van der Waals surface area (Å²) >= 11 is 0. The van der Waals surface area contributed by atoms with E-state index in [1.807, 2.05) is 0 Å². The average Bonchev–Trinajstić information content (AvgIpc) is 2.93. The van der Waals surface area contributed by atoms with Crippen LogP contribution in [0, 0.1) is 21.4 Å². The Kier molecular flexibility index (Phi) is 3.06. The molecule has 1 unspecified atom stereocenters. The van der Waals surface area contributed by atoms with Gasteiger partial charge in [0.25, 0.3) is 0 Å². The Bertz CT molecular complexity index is 475. The van der Waals surface area contributed by atoms with Gasteiger partial charge >= 0.3 is 5.69 Å². The van der Waals surface area contributed by atoms with Crippen molar-refractivity contribution in [3.63, 3.8) is 0 Å². The number of nitrogens with one attached hydrogen (secondary N) is 2. The van der Waals surface area contributed by atoms with Crippen molar-refractivity contribution in [2.75, 3.05) is 24.2 Å². The summed E-state index contributed by atoms with van der Waals surface area (Å²) in [6.45, 7) is 5.08. The van der Waals surface area contributed by atoms with Crippen LogP contribution in [0.25, 0.3) is 0 Å². The normalized spacial score (nSPS) is 20.3. The van der Waals surface area contributed by atoms with Gasteiger partial charge in [0.05, 0.1) is 4.92 Å². The average molecular weight is 251 g/mol. The van der Waals surface area contributed by atoms with Crippen molar-refractivity contribution in [2.24, 2.45) is 11.3 Å². The first-order valence-electron chi connectivity index (χ1n) is 5.87. The molecule has 1 aromatic rings. The maximum atomic E-state index is 10.9. The van der Waals surface area contributed by atoms with Crippen LogP contribution in [0.1, 0.15) is 20.3 Å². The molecule has 1 fully saturated rings. The third-order valence-corrected chi connectivity index (χ3v) is 3.42. The number of hydrogen-bond acceptors (Lipinski definition) is 6. The maximum absolute atomic E-state index is 10.9. The van der Waals surface area contributed by atoms with Gasteiger partial charge in [-0.15, -0.1) is 0 Å². The Balaban J connectivity index is 2.11. The van der Waals surface area contributed by atoms with Crippen LogP contribution in [0.3, 0.4) is 0 Å². The Labute approximate surface area is 105 Å². The van der Waals surface area contributed by atoms with Crippen LogP contribution >= 0.6 is 0 Å². The molecule has 1 atom stereocenters. The summed E-state index contributed by atoms with van der Waals surface area (Å²) < 4.78 is 0. The predicted molar refractivity (Wildman–Crippen MR) is 68.6 cm³/mol. The smallest absolute Gasteiger partial charge is 0.329 e. The van der Waals surface area contributed by atoms with Gasteiger partial charge in [-0.3, -0.25) is 10.1 Å². The molecule has 0 saturated heterocycles. The minimum absolute atomic E-state index is 0.0903. The summed E-state index contributed by atoms with van der Waals surface area (Å²) in [5, 5.41) is 16.7. The summed E-state index contributed by atoms with van der Waals surface area (Å²) in [6.07, 6.45) is 2.36. The van der Waals surface area contributed by atoms with Crippen LogP contribution in [0.15, 0.2) is 6.20 Å². The zero-order chi connectivity index (χ0) is 13.3. The van der Waals surface area contributed by atoms with Crippen molar-refractivity contribution < 1.29 is 4.92 Å². The third-order valence-electron chi connectivity index (χ3n) is 3.42. The van der Waals surface area contributed by atoms with E-state index >= 15 is 0 Å². The first kappa shape index (κ1) is 12.5. The lowest BCUT2D eigenvalue weighted by molar-refractivity contribution is -0.384. The Morgan fingerprint density at radius 2 is 2.28 bits per heavy atom. The molecule has 1 aliphatic carbocycles. The van der Waals surface area contributed by atoms with E-state index in [1.165, 1.54) is 6.20 Å². The highest BCUT2D eigenvalue weighted by molar-refractivity contribution is 5.57. The molecule has 18 heavy (non-hydrogen) atoms. The molecule has 1 heterocycles. The van der Waals surface area contributed by atoms with Gasteiger partial charge in [-0.05, 0) is 17.8 Å². The van der Waals surface area contributed by atoms with Gasteiger partial charge in [-0.2, -0.15) is 4.98 Å². The molecule has 2 N–H and O–H groups in total. The monoisotopic (exact) mass is 251 g/mol. The van der Waals surface area contributed by atoms with Crippen LogP contribution in [0.2, 0.25) is 0 Å². The first-order chi connectivity index (χ1) is 8.44. The molecule has 0 spiro atoms. The van der Waals surface area contributed by atoms with Crippen LogP contribution in [0.4, 0.5) is 17.5 Å². The van der Waals surface area contributed by atoms with Gasteiger partial charge < -0.3 is 10.6 Å². The molecule has 98 valence electrons. The number of aromatic nitrogens is 2. The zero-order valence-corrected chi connectivity index (χ0v) is 10.7. The van der Waals surface area contributed by atoms with E-state index in [1.54, 1.807) is 7.05 Å². The molecule has 0 amide bonds. The fraction of sp³-hybridized carbons (Fsp3) is 0.636. The zero-order valence-electron chi connectivity index (χ0n) is 10.7. The van der Waals surface area contributed by atoms with Gasteiger partial charge in [-0.1, -0.05) is 13.8 Å². The van der Waals surface area contributed by atoms with Gasteiger partial charge in [0.2, 0.25) is 11.8 Å². The molecule has 0 aromatic carbocycles. The van der Waals surface area contributed by atoms with Gasteiger partial charge in [0, 0.05) is 13.6 Å². The van der Waals surface area contributed by atoms with Crippen molar-refractivity contribution in [1.29, 1.82) is 0 Å². The highest BCUT2D eigenvalue weighted by Crippen LogP contribution is 2.51. The summed E-state index contributed by atoms with van der Waals surface area (Å²) in [5.74, 6) is 1.20. The minimum Gasteiger partial charge on any atom is -0.364 e. The van der Waals surface area contributed by atoms with Gasteiger partial charge in [-0.25, -0.2) is 4.98 Å². The van der Waals surface area contributed by atoms with Crippen LogP contribution in [-0.2, 0) is 0 Å². The molecule has 7 nitrogen and oxygen atoms in total. The van der Waals surface area contributed by atoms with Crippen molar-refractivity contribution in [1.82, 2.24) is 9.97 Å². The van der Waals surface area contributed by atoms with Gasteiger partial charge in [0.1, 0.15) is 6.20 Å². The lowest BCUT2D eigenvalue weighted by Crippen LogP contribution is -2.11. The topological polar surface area (TPSA) is 93.0 Å². The van der Waals surface area contributed by atoms with Crippen LogP contribution in [-0.4, -0.2) is 28.5 Å². The number of nitrogens with zero attached hydrogens (tertiary/aromatic N) is 3. The van der Waals surface area contributed by atoms with E-state index < -0.39 is 4.92 Å². The van der Waals surface area contributed by atoms with Crippen molar-refractivity contribution >= 4 is 17.5 Å². The largest absolute Gasteiger partial charge is 0.364 e. The second-order valence-electron chi connectivity index (χ2n) is 5.21. The number of anilines is 2. The fourth-order valence-electron chi connectivity index (χ4n) is 1.90. The van der Waals surface area contributed by atoms with Gasteiger partial charge in [0.15, 0.2) is 0 Å². The number of rotatable bonds is 5. The molecule has 0 aliphatic heterocycles. The maximum Gasteiger partial charge on any atom is 0.329 e. The highest BCUT2D eigenvalue weighted by atomic mass is 16.6. The molecule has 7 heteroatoms. The molecule has 0 radical (unpaired) electrons. The SMILES string of the molecule is CNc1ncc([N+](=O)[O-])c(NCC2CC2(C)C)n1. The summed E-state index contributed by atoms with van der Waals surface area (Å²) in [4.78, 5) is 18.3. The minimum atomic E-state index is -0.472. The Hall–Kier alpha value is -1.92. The number of hydrogen-bond donors (Lipinski definition) is 2. The highest BCUT2D eigenvalue weighted by Gasteiger charge is 2.45. The van der Waals surface area contributed by atoms with E-state index in [4.69, 9.17) is 0 Å². The first-order valence-corrected chi connectivity index (χ1v) is 5.87. The number of nitro groups is 1. The van der Waals surface area contributed by atoms with E-state index in [2.05, 4.69) is 34.4 Å². The quantitative estimate of drug-likeness (QED) is 0.613. The van der Waals surface area contributed by atoms with Crippen molar-refractivity contribution in [3.05, 3.63) is 16.3 Å². The Morgan fingerprint density at radius 1 is 1.61 bits per heavy atom. The van der Waals surface area contributed by atoms with Crippen molar-refractivity contribution in [2.45, 2.75) is 20.3 Å². The Morgan fingerprint density at radius 3 is 2.78 bits per heavy atom. The summed E-state index contributed by atoms with van der Waals surface area (Å²) in [7, 11) is 1.68. The summed E-state index contributed by atoms with van der Waals surface area (Å²) in [5.41, 5.74) is 0.244. The third kappa shape index (κ3) is 2.49. The second-order valence-corrected chi connectivity index (χ2v) is 5.21. The standard InChI is InChI=1S/C11H17N5O2/c1-11(2)4-7(11)5-13-9-8(16(17)18)6-14-10(12-3)15-9/h6-7H,4-5H2,1-3H3,(H2,12,13,14,15). The van der Waals surface area contributed by atoms with Crippen LogP contribution in [0.5, 0.6) is 0 Å². The van der Waals surface area contributed by atoms with E-state index in [-0.39, 0.29) is 11.5 Å². The van der Waals surface area contributed by atoms with E-state index in [0.717, 1.165) is 6.42 Å². The molecule has 1 aliphatic rings. The lowest BCUT2D eigenvalue weighted by Gasteiger charge is -2.08. The molecule has 1 aromatic heterocycles. The predicted octanol–water partition coefficient (Wildman–Crippen LogP) is 1.88. The molecular weight excluding hydrogens is 234 g/mol. The lowest BCUT2D eigenvalue weighted by atomic mass is 10.1.